The standard InChI is InChI=1S/C50H50O7/c1-49(15-16-49)26-35-3-7-39-22-43(11-9-37(39)20-35)53-31-55-47-13-5-33(18-41(47)24-45-28-51-45)17-34-6-14-48(42(19-34)25-46-29-52-46)56-32-54-44-12-10-38-21-36(4-8-40(38)23-44)27-50(2)30-57-50/h3-14,18-23,45-46H,15-17,24-32H2,1-2H3. The summed E-state index contributed by atoms with van der Waals surface area (Å²) in [6, 6.07) is 38.8. The lowest BCUT2D eigenvalue weighted by Crippen LogP contribution is -2.09. The molecule has 3 unspecified atom stereocenters. The van der Waals surface area contributed by atoms with Crippen LogP contribution in [0.25, 0.3) is 21.5 Å². The molecule has 4 fully saturated rings. The third-order valence-corrected chi connectivity index (χ3v) is 11.9. The molecule has 7 heteroatoms. The summed E-state index contributed by atoms with van der Waals surface area (Å²) < 4.78 is 41.5. The fourth-order valence-corrected chi connectivity index (χ4v) is 7.99. The molecule has 292 valence electrons. The number of fused-ring (bicyclic) bond motifs is 2. The highest BCUT2D eigenvalue weighted by molar-refractivity contribution is 5.85. The Morgan fingerprint density at radius 1 is 0.526 bits per heavy atom. The van der Waals surface area contributed by atoms with Crippen LogP contribution >= 0.6 is 0 Å². The number of benzene rings is 6. The Kier molecular flexibility index (Phi) is 9.56. The second-order valence-electron chi connectivity index (χ2n) is 17.3. The van der Waals surface area contributed by atoms with Gasteiger partial charge in [0.25, 0.3) is 0 Å². The molecule has 4 aliphatic rings. The minimum atomic E-state index is 0.00164. The Bertz CT molecular complexity index is 2250. The van der Waals surface area contributed by atoms with Crippen LogP contribution in [0.4, 0.5) is 0 Å². The van der Waals surface area contributed by atoms with E-state index >= 15 is 0 Å². The summed E-state index contributed by atoms with van der Waals surface area (Å²) in [6.07, 6.45) is 7.62. The molecular weight excluding hydrogens is 713 g/mol. The van der Waals surface area contributed by atoms with Gasteiger partial charge in [0.05, 0.1) is 37.6 Å². The van der Waals surface area contributed by atoms with E-state index in [1.54, 1.807) is 0 Å². The number of hydrogen-bond acceptors (Lipinski definition) is 7. The highest BCUT2D eigenvalue weighted by atomic mass is 16.7. The van der Waals surface area contributed by atoms with Crippen LogP contribution < -0.4 is 18.9 Å². The zero-order valence-electron chi connectivity index (χ0n) is 32.9. The Balaban J connectivity index is 0.768. The van der Waals surface area contributed by atoms with Gasteiger partial charge in [-0.25, -0.2) is 0 Å². The van der Waals surface area contributed by atoms with E-state index in [-0.39, 0.29) is 31.4 Å². The van der Waals surface area contributed by atoms with E-state index in [1.807, 2.05) is 12.1 Å². The van der Waals surface area contributed by atoms with Gasteiger partial charge in [0.1, 0.15) is 23.0 Å². The quantitative estimate of drug-likeness (QED) is 0.0638. The topological polar surface area (TPSA) is 74.5 Å². The molecule has 3 heterocycles. The summed E-state index contributed by atoms with van der Waals surface area (Å²) >= 11 is 0. The first-order valence-corrected chi connectivity index (χ1v) is 20.5. The van der Waals surface area contributed by atoms with Crippen LogP contribution in [-0.4, -0.2) is 51.2 Å². The molecule has 3 atom stereocenters. The SMILES string of the molecule is CC1(Cc2ccc3cc(OCOc4ccc(Cc5ccc(OCOc6ccc7cc(CC8(C)CO8)ccc7c6)c(CC6CO6)c5)cc4CC4CO4)ccc3c2)CC1. The molecule has 10 rings (SSSR count). The summed E-state index contributed by atoms with van der Waals surface area (Å²) in [5.74, 6) is 3.24. The van der Waals surface area contributed by atoms with E-state index in [4.69, 9.17) is 33.2 Å². The second kappa shape index (κ2) is 15.0. The van der Waals surface area contributed by atoms with Crippen molar-refractivity contribution >= 4 is 21.5 Å². The lowest BCUT2D eigenvalue weighted by molar-refractivity contribution is 0.118. The predicted molar refractivity (Wildman–Crippen MR) is 222 cm³/mol. The van der Waals surface area contributed by atoms with Crippen molar-refractivity contribution in [3.63, 3.8) is 0 Å². The summed E-state index contributed by atoms with van der Waals surface area (Å²) in [5.41, 5.74) is 7.90. The van der Waals surface area contributed by atoms with Crippen LogP contribution in [0.15, 0.2) is 109 Å². The van der Waals surface area contributed by atoms with E-state index in [1.165, 1.54) is 51.3 Å². The maximum Gasteiger partial charge on any atom is 0.230 e. The van der Waals surface area contributed by atoms with Crippen molar-refractivity contribution in [2.45, 2.75) is 76.6 Å². The minimum Gasteiger partial charge on any atom is -0.457 e. The Morgan fingerprint density at radius 3 is 1.46 bits per heavy atom. The van der Waals surface area contributed by atoms with Gasteiger partial charge in [0.15, 0.2) is 0 Å². The van der Waals surface area contributed by atoms with Crippen LogP contribution in [-0.2, 0) is 46.3 Å². The summed E-state index contributed by atoms with van der Waals surface area (Å²) in [7, 11) is 0. The van der Waals surface area contributed by atoms with E-state index in [0.29, 0.717) is 5.41 Å². The fraction of sp³-hybridized carbons (Fsp3) is 0.360. The zero-order valence-corrected chi connectivity index (χ0v) is 32.9. The Morgan fingerprint density at radius 2 is 0.982 bits per heavy atom. The zero-order chi connectivity index (χ0) is 38.4. The van der Waals surface area contributed by atoms with Gasteiger partial charge >= 0.3 is 0 Å². The molecule has 1 saturated carbocycles. The smallest absolute Gasteiger partial charge is 0.230 e. The van der Waals surface area contributed by atoms with Crippen molar-refractivity contribution < 1.29 is 33.2 Å². The van der Waals surface area contributed by atoms with Crippen LogP contribution in [0.1, 0.15) is 60.1 Å². The molecule has 57 heavy (non-hydrogen) atoms. The van der Waals surface area contributed by atoms with E-state index in [0.717, 1.165) is 91.4 Å². The van der Waals surface area contributed by atoms with Crippen molar-refractivity contribution in [2.75, 3.05) is 33.4 Å². The normalized spacial score (nSPS) is 21.3. The third kappa shape index (κ3) is 9.23. The van der Waals surface area contributed by atoms with Crippen molar-refractivity contribution in [3.05, 3.63) is 143 Å². The van der Waals surface area contributed by atoms with Crippen LogP contribution in [0.3, 0.4) is 0 Å². The average molecular weight is 763 g/mol. The Hall–Kier alpha value is -5.08. The molecule has 0 amide bonds. The molecular formula is C50H50O7. The van der Waals surface area contributed by atoms with Crippen molar-refractivity contribution in [2.24, 2.45) is 5.41 Å². The maximum absolute atomic E-state index is 6.24. The van der Waals surface area contributed by atoms with Gasteiger partial charge < -0.3 is 33.2 Å². The van der Waals surface area contributed by atoms with Crippen LogP contribution in [0.5, 0.6) is 23.0 Å². The first-order valence-electron chi connectivity index (χ1n) is 20.5. The minimum absolute atomic E-state index is 0.00164. The molecule has 0 spiro atoms. The molecule has 1 aliphatic carbocycles. The molecule has 3 saturated heterocycles. The van der Waals surface area contributed by atoms with Gasteiger partial charge in [-0.3, -0.25) is 0 Å². The lowest BCUT2D eigenvalue weighted by atomic mass is 9.96. The highest BCUT2D eigenvalue weighted by Crippen LogP contribution is 2.48. The first-order chi connectivity index (χ1) is 27.8. The van der Waals surface area contributed by atoms with Gasteiger partial charge in [0.2, 0.25) is 13.6 Å². The van der Waals surface area contributed by atoms with Crippen molar-refractivity contribution in [1.29, 1.82) is 0 Å². The van der Waals surface area contributed by atoms with Gasteiger partial charge in [-0.15, -0.1) is 0 Å². The number of ether oxygens (including phenoxy) is 7. The summed E-state index contributed by atoms with van der Waals surface area (Å²) in [6.45, 7) is 7.20. The summed E-state index contributed by atoms with van der Waals surface area (Å²) in [5, 5.41) is 4.76. The van der Waals surface area contributed by atoms with E-state index in [2.05, 4.69) is 111 Å². The molecule has 7 nitrogen and oxygen atoms in total. The number of hydrogen-bond donors (Lipinski definition) is 0. The van der Waals surface area contributed by atoms with Gasteiger partial charge in [-0.05, 0) is 129 Å². The van der Waals surface area contributed by atoms with Crippen molar-refractivity contribution in [3.8, 4) is 23.0 Å². The van der Waals surface area contributed by atoms with E-state index in [9.17, 15) is 0 Å². The maximum atomic E-state index is 6.24. The van der Waals surface area contributed by atoms with Crippen LogP contribution in [0.2, 0.25) is 0 Å². The van der Waals surface area contributed by atoms with Crippen molar-refractivity contribution in [1.82, 2.24) is 0 Å². The monoisotopic (exact) mass is 762 g/mol. The van der Waals surface area contributed by atoms with Gasteiger partial charge in [-0.2, -0.15) is 0 Å². The molecule has 6 aromatic carbocycles. The van der Waals surface area contributed by atoms with Gasteiger partial charge in [0, 0.05) is 19.3 Å². The van der Waals surface area contributed by atoms with Crippen LogP contribution in [0, 0.1) is 5.41 Å². The number of epoxide rings is 3. The number of rotatable bonds is 18. The average Bonchev–Trinajstić information content (AvgIpc) is 3.97. The van der Waals surface area contributed by atoms with E-state index < -0.39 is 0 Å². The largest absolute Gasteiger partial charge is 0.457 e. The first kappa shape index (κ1) is 36.3. The lowest BCUT2D eigenvalue weighted by Gasteiger charge is -2.16. The molecule has 0 N–H and O–H groups in total. The summed E-state index contributed by atoms with van der Waals surface area (Å²) in [4.78, 5) is 0. The molecule has 6 aromatic rings. The second-order valence-corrected chi connectivity index (χ2v) is 17.3. The predicted octanol–water partition coefficient (Wildman–Crippen LogP) is 9.97. The third-order valence-electron chi connectivity index (χ3n) is 11.9. The molecule has 0 aromatic heterocycles. The highest BCUT2D eigenvalue weighted by Gasteiger charge is 2.39. The molecule has 0 bridgehead atoms. The molecule has 3 aliphatic heterocycles. The fourth-order valence-electron chi connectivity index (χ4n) is 7.99. The Labute approximate surface area is 334 Å². The van der Waals surface area contributed by atoms with Gasteiger partial charge in [-0.1, -0.05) is 79.7 Å². The molecule has 0 radical (unpaired) electrons.